The third kappa shape index (κ3) is 3.55. The summed E-state index contributed by atoms with van der Waals surface area (Å²) in [7, 11) is 0. The van der Waals surface area contributed by atoms with Gasteiger partial charge in [-0.05, 0) is 38.0 Å². The number of rotatable bonds is 4. The maximum absolute atomic E-state index is 13.3. The molecule has 0 radical (unpaired) electrons. The molecule has 2 nitrogen and oxygen atoms in total. The third-order valence-electron chi connectivity index (χ3n) is 4.11. The van der Waals surface area contributed by atoms with E-state index in [0.717, 1.165) is 31.5 Å². The van der Waals surface area contributed by atoms with Gasteiger partial charge in [0.05, 0.1) is 0 Å². The highest BCUT2D eigenvalue weighted by atomic mass is 19.2. The van der Waals surface area contributed by atoms with Crippen LogP contribution in [0.15, 0.2) is 18.2 Å². The van der Waals surface area contributed by atoms with Gasteiger partial charge in [-0.3, -0.25) is 4.90 Å². The van der Waals surface area contributed by atoms with Gasteiger partial charge in [-0.2, -0.15) is 0 Å². The minimum atomic E-state index is -0.780. The van der Waals surface area contributed by atoms with Crippen molar-refractivity contribution in [2.75, 3.05) is 13.1 Å². The second-order valence-corrected chi connectivity index (χ2v) is 6.31. The molecule has 0 amide bonds. The van der Waals surface area contributed by atoms with Gasteiger partial charge in [-0.1, -0.05) is 19.4 Å². The Bertz CT molecular complexity index is 460. The molecule has 1 heterocycles. The molecule has 1 N–H and O–H groups in total. The van der Waals surface area contributed by atoms with E-state index in [-0.39, 0.29) is 5.54 Å². The van der Waals surface area contributed by atoms with Crippen molar-refractivity contribution in [2.45, 2.75) is 51.7 Å². The van der Waals surface area contributed by atoms with Crippen molar-refractivity contribution >= 4 is 0 Å². The molecule has 1 fully saturated rings. The predicted molar refractivity (Wildman–Crippen MR) is 77.5 cm³/mol. The average molecular weight is 282 g/mol. The van der Waals surface area contributed by atoms with E-state index in [2.05, 4.69) is 31.0 Å². The lowest BCUT2D eigenvalue weighted by atomic mass is 9.95. The average Bonchev–Trinajstić information content (AvgIpc) is 2.38. The quantitative estimate of drug-likeness (QED) is 0.911. The summed E-state index contributed by atoms with van der Waals surface area (Å²) in [6.45, 7) is 9.07. The molecule has 0 aromatic heterocycles. The summed E-state index contributed by atoms with van der Waals surface area (Å²) in [6, 6.07) is 4.68. The summed E-state index contributed by atoms with van der Waals surface area (Å²) in [5, 5.41) is 3.57. The monoisotopic (exact) mass is 282 g/mol. The zero-order valence-electron chi connectivity index (χ0n) is 12.5. The number of nitrogens with one attached hydrogen (secondary N) is 1. The van der Waals surface area contributed by atoms with Gasteiger partial charge >= 0.3 is 0 Å². The van der Waals surface area contributed by atoms with E-state index < -0.39 is 11.6 Å². The van der Waals surface area contributed by atoms with Crippen molar-refractivity contribution in [2.24, 2.45) is 0 Å². The normalized spacial score (nSPS) is 22.9. The molecule has 4 heteroatoms. The molecule has 1 atom stereocenters. The van der Waals surface area contributed by atoms with E-state index in [1.54, 1.807) is 6.07 Å². The van der Waals surface area contributed by atoms with Crippen molar-refractivity contribution in [3.05, 3.63) is 35.4 Å². The number of piperazine rings is 1. The topological polar surface area (TPSA) is 15.3 Å². The predicted octanol–water partition coefficient (Wildman–Crippen LogP) is 3.32. The van der Waals surface area contributed by atoms with E-state index in [0.29, 0.717) is 12.6 Å². The van der Waals surface area contributed by atoms with Crippen LogP contribution in [0.1, 0.15) is 39.2 Å². The fourth-order valence-corrected chi connectivity index (χ4v) is 2.76. The van der Waals surface area contributed by atoms with Gasteiger partial charge < -0.3 is 5.32 Å². The molecule has 1 aromatic carbocycles. The van der Waals surface area contributed by atoms with Crippen molar-refractivity contribution in [3.8, 4) is 0 Å². The zero-order chi connectivity index (χ0) is 14.8. The molecule has 1 aromatic rings. The highest BCUT2D eigenvalue weighted by molar-refractivity contribution is 5.18. The lowest BCUT2D eigenvalue weighted by Gasteiger charge is -2.46. The Labute approximate surface area is 120 Å². The molecular weight excluding hydrogens is 258 g/mol. The molecule has 1 saturated heterocycles. The van der Waals surface area contributed by atoms with E-state index in [9.17, 15) is 8.78 Å². The maximum Gasteiger partial charge on any atom is 0.159 e. The highest BCUT2D eigenvalue weighted by Crippen LogP contribution is 2.23. The van der Waals surface area contributed by atoms with E-state index in [1.807, 2.05) is 0 Å². The Kier molecular flexibility index (Phi) is 4.76. The molecule has 2 rings (SSSR count). The first-order chi connectivity index (χ1) is 9.42. The van der Waals surface area contributed by atoms with Crippen molar-refractivity contribution in [3.63, 3.8) is 0 Å². The van der Waals surface area contributed by atoms with Crippen LogP contribution in [0.25, 0.3) is 0 Å². The Morgan fingerprint density at radius 2 is 2.05 bits per heavy atom. The summed E-state index contributed by atoms with van der Waals surface area (Å²) in [4.78, 5) is 2.36. The third-order valence-corrected chi connectivity index (χ3v) is 4.11. The summed E-state index contributed by atoms with van der Waals surface area (Å²) in [5.74, 6) is -1.54. The fraction of sp³-hybridized carbons (Fsp3) is 0.625. The minimum absolute atomic E-state index is 0.0229. The first-order valence-corrected chi connectivity index (χ1v) is 7.34. The van der Waals surface area contributed by atoms with Gasteiger partial charge in [0, 0.05) is 31.2 Å². The summed E-state index contributed by atoms with van der Waals surface area (Å²) in [6.07, 6.45) is 2.29. The molecule has 0 bridgehead atoms. The minimum Gasteiger partial charge on any atom is -0.311 e. The van der Waals surface area contributed by atoms with Crippen LogP contribution in [-0.2, 0) is 6.54 Å². The molecule has 1 unspecified atom stereocenters. The van der Waals surface area contributed by atoms with Crippen LogP contribution in [-0.4, -0.2) is 29.6 Å². The number of benzene rings is 1. The second kappa shape index (κ2) is 6.19. The molecule has 0 aliphatic carbocycles. The number of hydrogen-bond acceptors (Lipinski definition) is 2. The molecule has 0 saturated carbocycles. The Morgan fingerprint density at radius 3 is 2.70 bits per heavy atom. The Hall–Kier alpha value is -1.00. The van der Waals surface area contributed by atoms with Gasteiger partial charge in [0.15, 0.2) is 11.6 Å². The van der Waals surface area contributed by atoms with Crippen LogP contribution in [0.5, 0.6) is 0 Å². The lowest BCUT2D eigenvalue weighted by molar-refractivity contribution is 0.0563. The SMILES string of the molecule is CCCC1CN(Cc2ccc(F)c(F)c2)C(C)(C)CN1. The molecule has 0 spiro atoms. The fourth-order valence-electron chi connectivity index (χ4n) is 2.76. The smallest absolute Gasteiger partial charge is 0.159 e. The highest BCUT2D eigenvalue weighted by Gasteiger charge is 2.33. The Morgan fingerprint density at radius 1 is 1.30 bits per heavy atom. The van der Waals surface area contributed by atoms with Crippen LogP contribution in [0.2, 0.25) is 0 Å². The molecular formula is C16H24F2N2. The standard InChI is InChI=1S/C16H24F2N2/c1-4-5-13-10-20(16(2,3)11-19-13)9-12-6-7-14(17)15(18)8-12/h6-8,13,19H,4-5,9-11H2,1-3H3. The molecule has 20 heavy (non-hydrogen) atoms. The molecule has 1 aliphatic heterocycles. The van der Waals surface area contributed by atoms with E-state index in [4.69, 9.17) is 0 Å². The second-order valence-electron chi connectivity index (χ2n) is 6.31. The van der Waals surface area contributed by atoms with Gasteiger partial charge in [0.25, 0.3) is 0 Å². The molecule has 1 aliphatic rings. The van der Waals surface area contributed by atoms with Gasteiger partial charge in [-0.15, -0.1) is 0 Å². The largest absolute Gasteiger partial charge is 0.311 e. The van der Waals surface area contributed by atoms with Crippen molar-refractivity contribution in [1.29, 1.82) is 0 Å². The van der Waals surface area contributed by atoms with Crippen LogP contribution < -0.4 is 5.32 Å². The van der Waals surface area contributed by atoms with E-state index in [1.165, 1.54) is 12.1 Å². The van der Waals surface area contributed by atoms with Crippen LogP contribution in [0, 0.1) is 11.6 Å². The van der Waals surface area contributed by atoms with Crippen molar-refractivity contribution in [1.82, 2.24) is 10.2 Å². The number of hydrogen-bond donors (Lipinski definition) is 1. The zero-order valence-corrected chi connectivity index (χ0v) is 12.5. The van der Waals surface area contributed by atoms with Crippen LogP contribution >= 0.6 is 0 Å². The summed E-state index contributed by atoms with van der Waals surface area (Å²) in [5.41, 5.74) is 0.851. The Balaban J connectivity index is 2.09. The number of nitrogens with zero attached hydrogens (tertiary/aromatic N) is 1. The van der Waals surface area contributed by atoms with Crippen LogP contribution in [0.3, 0.4) is 0 Å². The number of halogens is 2. The molecule has 112 valence electrons. The van der Waals surface area contributed by atoms with Gasteiger partial charge in [0.2, 0.25) is 0 Å². The van der Waals surface area contributed by atoms with Gasteiger partial charge in [-0.25, -0.2) is 8.78 Å². The van der Waals surface area contributed by atoms with Crippen molar-refractivity contribution < 1.29 is 8.78 Å². The van der Waals surface area contributed by atoms with E-state index >= 15 is 0 Å². The lowest BCUT2D eigenvalue weighted by Crippen LogP contribution is -2.61. The maximum atomic E-state index is 13.3. The summed E-state index contributed by atoms with van der Waals surface area (Å²) < 4.78 is 26.3. The first kappa shape index (κ1) is 15.4. The summed E-state index contributed by atoms with van der Waals surface area (Å²) >= 11 is 0. The first-order valence-electron chi connectivity index (χ1n) is 7.34. The van der Waals surface area contributed by atoms with Crippen LogP contribution in [0.4, 0.5) is 8.78 Å². The van der Waals surface area contributed by atoms with Gasteiger partial charge in [0.1, 0.15) is 0 Å².